The Morgan fingerprint density at radius 2 is 1.92 bits per heavy atom. The predicted molar refractivity (Wildman–Crippen MR) is 40.4 cm³/mol. The largest absolute Gasteiger partial charge is 0.383 e. The molecule has 1 aliphatic rings. The van der Waals surface area contributed by atoms with E-state index in [-0.39, 0.29) is 12.8 Å². The SMILES string of the molecule is N=C(N)C(F)(F)C1CCOCC1. The van der Waals surface area contributed by atoms with Gasteiger partial charge in [-0.15, -0.1) is 0 Å². The van der Waals surface area contributed by atoms with Crippen molar-refractivity contribution in [3.05, 3.63) is 0 Å². The molecule has 1 saturated heterocycles. The lowest BCUT2D eigenvalue weighted by molar-refractivity contribution is -0.0471. The molecule has 1 aliphatic heterocycles. The van der Waals surface area contributed by atoms with Gasteiger partial charge in [0, 0.05) is 19.1 Å². The van der Waals surface area contributed by atoms with Gasteiger partial charge in [-0.05, 0) is 12.8 Å². The van der Waals surface area contributed by atoms with Crippen molar-refractivity contribution in [2.75, 3.05) is 13.2 Å². The highest BCUT2D eigenvalue weighted by molar-refractivity contribution is 5.84. The second-order valence-corrected chi connectivity index (χ2v) is 2.92. The second-order valence-electron chi connectivity index (χ2n) is 2.92. The Morgan fingerprint density at radius 3 is 2.33 bits per heavy atom. The minimum absolute atomic E-state index is 0.284. The van der Waals surface area contributed by atoms with Crippen LogP contribution < -0.4 is 5.73 Å². The molecule has 5 heteroatoms. The van der Waals surface area contributed by atoms with Gasteiger partial charge in [0.15, 0.2) is 5.84 Å². The molecular formula is C7H12F2N2O. The molecule has 0 aromatic carbocycles. The van der Waals surface area contributed by atoms with Crippen LogP contribution in [0.4, 0.5) is 8.78 Å². The molecule has 0 amide bonds. The number of alkyl halides is 2. The molecule has 70 valence electrons. The number of halogens is 2. The van der Waals surface area contributed by atoms with Crippen LogP contribution in [0.2, 0.25) is 0 Å². The number of amidine groups is 1. The topological polar surface area (TPSA) is 59.1 Å². The summed E-state index contributed by atoms with van der Waals surface area (Å²) >= 11 is 0. The fraction of sp³-hybridized carbons (Fsp3) is 0.857. The van der Waals surface area contributed by atoms with Crippen molar-refractivity contribution in [1.82, 2.24) is 0 Å². The summed E-state index contributed by atoms with van der Waals surface area (Å²) in [7, 11) is 0. The molecule has 1 fully saturated rings. The number of nitrogens with two attached hydrogens (primary N) is 1. The Kier molecular flexibility index (Phi) is 2.62. The van der Waals surface area contributed by atoms with Crippen LogP contribution in [0.1, 0.15) is 12.8 Å². The third-order valence-corrected chi connectivity index (χ3v) is 2.09. The average molecular weight is 178 g/mol. The number of hydrogen-bond acceptors (Lipinski definition) is 2. The van der Waals surface area contributed by atoms with Crippen LogP contribution in [0.3, 0.4) is 0 Å². The molecule has 0 unspecified atom stereocenters. The van der Waals surface area contributed by atoms with Gasteiger partial charge < -0.3 is 10.5 Å². The van der Waals surface area contributed by atoms with E-state index in [4.69, 9.17) is 15.9 Å². The summed E-state index contributed by atoms with van der Waals surface area (Å²) in [6.45, 7) is 0.682. The summed E-state index contributed by atoms with van der Waals surface area (Å²) in [5.74, 6) is -5.00. The van der Waals surface area contributed by atoms with Crippen molar-refractivity contribution in [2.45, 2.75) is 18.8 Å². The summed E-state index contributed by atoms with van der Waals surface area (Å²) < 4.78 is 31.0. The van der Waals surface area contributed by atoms with Crippen LogP contribution in [0.25, 0.3) is 0 Å². The molecule has 1 heterocycles. The first kappa shape index (κ1) is 9.38. The standard InChI is InChI=1S/C7H12F2N2O/c8-7(9,6(10)11)5-1-3-12-4-2-5/h5H,1-4H2,(H3,10,11). The quantitative estimate of drug-likeness (QED) is 0.489. The first-order chi connectivity index (χ1) is 5.55. The highest BCUT2D eigenvalue weighted by Gasteiger charge is 2.43. The van der Waals surface area contributed by atoms with Crippen molar-refractivity contribution < 1.29 is 13.5 Å². The Labute approximate surface area is 69.4 Å². The highest BCUT2D eigenvalue weighted by Crippen LogP contribution is 2.31. The lowest BCUT2D eigenvalue weighted by Gasteiger charge is -2.28. The molecule has 0 spiro atoms. The summed E-state index contributed by atoms with van der Waals surface area (Å²) in [5.41, 5.74) is 4.79. The molecule has 0 aliphatic carbocycles. The first-order valence-electron chi connectivity index (χ1n) is 3.85. The van der Waals surface area contributed by atoms with Crippen LogP contribution in [0.5, 0.6) is 0 Å². The van der Waals surface area contributed by atoms with Gasteiger partial charge in [0.2, 0.25) is 0 Å². The normalized spacial score (nSPS) is 20.8. The maximum absolute atomic E-state index is 13.0. The Balaban J connectivity index is 2.59. The third kappa shape index (κ3) is 1.72. The van der Waals surface area contributed by atoms with Crippen LogP contribution in [-0.4, -0.2) is 25.0 Å². The van der Waals surface area contributed by atoms with E-state index in [1.165, 1.54) is 0 Å². The van der Waals surface area contributed by atoms with Gasteiger partial charge in [-0.25, -0.2) is 0 Å². The first-order valence-corrected chi connectivity index (χ1v) is 3.85. The smallest absolute Gasteiger partial charge is 0.306 e. The predicted octanol–water partition coefficient (Wildman–Crippen LogP) is 0.984. The maximum atomic E-state index is 13.0. The summed E-state index contributed by atoms with van der Waals surface area (Å²) in [6.07, 6.45) is 0.569. The monoisotopic (exact) mass is 178 g/mol. The molecule has 0 radical (unpaired) electrons. The zero-order chi connectivity index (χ0) is 9.19. The molecule has 0 aromatic heterocycles. The van der Waals surface area contributed by atoms with Gasteiger partial charge in [-0.1, -0.05) is 0 Å². The molecule has 3 N–H and O–H groups in total. The molecular weight excluding hydrogens is 166 g/mol. The van der Waals surface area contributed by atoms with Gasteiger partial charge in [-0.3, -0.25) is 5.41 Å². The summed E-state index contributed by atoms with van der Waals surface area (Å²) in [5, 5.41) is 6.72. The Morgan fingerprint density at radius 1 is 1.42 bits per heavy atom. The lowest BCUT2D eigenvalue weighted by Crippen LogP contribution is -2.44. The average Bonchev–Trinajstić information content (AvgIpc) is 2.06. The number of rotatable bonds is 2. The molecule has 0 atom stereocenters. The number of nitrogens with one attached hydrogen (secondary N) is 1. The number of hydrogen-bond donors (Lipinski definition) is 2. The second kappa shape index (κ2) is 3.35. The fourth-order valence-electron chi connectivity index (χ4n) is 1.28. The van der Waals surface area contributed by atoms with Crippen molar-refractivity contribution >= 4 is 5.84 Å². The van der Waals surface area contributed by atoms with Gasteiger partial charge in [0.05, 0.1) is 0 Å². The Bertz CT molecular complexity index is 178. The van der Waals surface area contributed by atoms with Gasteiger partial charge in [0.25, 0.3) is 0 Å². The van der Waals surface area contributed by atoms with Crippen molar-refractivity contribution in [2.24, 2.45) is 11.7 Å². The molecule has 12 heavy (non-hydrogen) atoms. The van der Waals surface area contributed by atoms with E-state index in [2.05, 4.69) is 0 Å². The summed E-state index contributed by atoms with van der Waals surface area (Å²) in [6, 6.07) is 0. The van der Waals surface area contributed by atoms with Crippen LogP contribution >= 0.6 is 0 Å². The Hall–Kier alpha value is -0.710. The molecule has 0 saturated carbocycles. The fourth-order valence-corrected chi connectivity index (χ4v) is 1.28. The minimum Gasteiger partial charge on any atom is -0.383 e. The molecule has 0 bridgehead atoms. The van der Waals surface area contributed by atoms with Crippen molar-refractivity contribution in [3.63, 3.8) is 0 Å². The summed E-state index contributed by atoms with van der Waals surface area (Å²) in [4.78, 5) is 0. The molecule has 1 rings (SSSR count). The van der Waals surface area contributed by atoms with E-state index in [1.807, 2.05) is 0 Å². The minimum atomic E-state index is -3.15. The van der Waals surface area contributed by atoms with Crippen LogP contribution in [-0.2, 0) is 4.74 Å². The van der Waals surface area contributed by atoms with Gasteiger partial charge in [-0.2, -0.15) is 8.78 Å². The van der Waals surface area contributed by atoms with Crippen LogP contribution in [0.15, 0.2) is 0 Å². The lowest BCUT2D eigenvalue weighted by atomic mass is 9.92. The van der Waals surface area contributed by atoms with E-state index in [0.717, 1.165) is 0 Å². The zero-order valence-electron chi connectivity index (χ0n) is 6.65. The third-order valence-electron chi connectivity index (χ3n) is 2.09. The zero-order valence-corrected chi connectivity index (χ0v) is 6.65. The van der Waals surface area contributed by atoms with Crippen molar-refractivity contribution in [3.8, 4) is 0 Å². The van der Waals surface area contributed by atoms with E-state index in [1.54, 1.807) is 0 Å². The van der Waals surface area contributed by atoms with Gasteiger partial charge >= 0.3 is 5.92 Å². The number of ether oxygens (including phenoxy) is 1. The van der Waals surface area contributed by atoms with Crippen LogP contribution in [0, 0.1) is 11.3 Å². The highest BCUT2D eigenvalue weighted by atomic mass is 19.3. The van der Waals surface area contributed by atoms with E-state index < -0.39 is 17.7 Å². The molecule has 0 aromatic rings. The van der Waals surface area contributed by atoms with E-state index >= 15 is 0 Å². The van der Waals surface area contributed by atoms with Gasteiger partial charge in [0.1, 0.15) is 0 Å². The van der Waals surface area contributed by atoms with Crippen molar-refractivity contribution in [1.29, 1.82) is 5.41 Å². The van der Waals surface area contributed by atoms with E-state index in [9.17, 15) is 8.78 Å². The molecule has 3 nitrogen and oxygen atoms in total. The van der Waals surface area contributed by atoms with E-state index in [0.29, 0.717) is 13.2 Å². The maximum Gasteiger partial charge on any atom is 0.306 e.